The van der Waals surface area contributed by atoms with Crippen LogP contribution >= 0.6 is 35.4 Å². The monoisotopic (exact) mass is 420 g/mol. The minimum atomic E-state index is -0.592. The molecule has 1 N–H and O–H groups in total. The highest BCUT2D eigenvalue weighted by molar-refractivity contribution is 7.80. The minimum Gasteiger partial charge on any atom is -0.493 e. The lowest BCUT2D eigenvalue weighted by atomic mass is 10.1. The Labute approximate surface area is 171 Å². The highest BCUT2D eigenvalue weighted by Crippen LogP contribution is 2.28. The van der Waals surface area contributed by atoms with Crippen molar-refractivity contribution >= 4 is 64.1 Å². The van der Waals surface area contributed by atoms with E-state index < -0.39 is 11.8 Å². The number of ether oxygens (including phenoxy) is 1. The molecule has 138 valence electrons. The van der Waals surface area contributed by atoms with Crippen LogP contribution < -0.4 is 15.0 Å². The maximum absolute atomic E-state index is 13.0. The quantitative estimate of drug-likeness (QED) is 0.456. The third-order valence-corrected chi connectivity index (χ3v) is 4.49. The number of hydrogen-bond acceptors (Lipinski definition) is 4. The van der Waals surface area contributed by atoms with Gasteiger partial charge in [0.1, 0.15) is 11.3 Å². The molecule has 8 heteroatoms. The summed E-state index contributed by atoms with van der Waals surface area (Å²) in [6.07, 6.45) is 1.44. The predicted octanol–water partition coefficient (Wildman–Crippen LogP) is 4.22. The van der Waals surface area contributed by atoms with Crippen molar-refractivity contribution in [1.82, 2.24) is 5.32 Å². The average molecular weight is 421 g/mol. The average Bonchev–Trinajstić information content (AvgIpc) is 2.61. The van der Waals surface area contributed by atoms with Gasteiger partial charge in [-0.25, -0.2) is 0 Å². The van der Waals surface area contributed by atoms with Gasteiger partial charge in [-0.3, -0.25) is 19.8 Å². The first kappa shape index (κ1) is 19.4. The van der Waals surface area contributed by atoms with Gasteiger partial charge in [0.25, 0.3) is 11.8 Å². The summed E-state index contributed by atoms with van der Waals surface area (Å²) in [5, 5.41) is 3.41. The van der Waals surface area contributed by atoms with Gasteiger partial charge in [-0.15, -0.1) is 0 Å². The Morgan fingerprint density at radius 3 is 2.59 bits per heavy atom. The van der Waals surface area contributed by atoms with Gasteiger partial charge in [-0.1, -0.05) is 29.3 Å². The smallest absolute Gasteiger partial charge is 0.270 e. The SMILES string of the molecule is CCOc1ccc(Cl)cc1/C=C1\C(=O)NC(=S)N(c2cccc(Cl)c2)C1=O. The fourth-order valence-corrected chi connectivity index (χ4v) is 3.23. The van der Waals surface area contributed by atoms with Crippen LogP contribution in [0.1, 0.15) is 12.5 Å². The van der Waals surface area contributed by atoms with Crippen molar-refractivity contribution in [3.63, 3.8) is 0 Å². The first-order chi connectivity index (χ1) is 12.9. The molecule has 27 heavy (non-hydrogen) atoms. The fraction of sp³-hybridized carbons (Fsp3) is 0.105. The lowest BCUT2D eigenvalue weighted by molar-refractivity contribution is -0.122. The van der Waals surface area contributed by atoms with Crippen LogP contribution in [0.2, 0.25) is 10.0 Å². The molecule has 1 aliphatic rings. The summed E-state index contributed by atoms with van der Waals surface area (Å²) in [4.78, 5) is 26.6. The van der Waals surface area contributed by atoms with Crippen LogP contribution in [-0.2, 0) is 9.59 Å². The highest BCUT2D eigenvalue weighted by atomic mass is 35.5. The zero-order valence-corrected chi connectivity index (χ0v) is 16.5. The molecule has 5 nitrogen and oxygen atoms in total. The molecular formula is C19H14Cl2N2O3S. The number of hydrogen-bond donors (Lipinski definition) is 1. The predicted molar refractivity (Wildman–Crippen MR) is 110 cm³/mol. The van der Waals surface area contributed by atoms with Crippen molar-refractivity contribution in [1.29, 1.82) is 0 Å². The third-order valence-electron chi connectivity index (χ3n) is 3.74. The lowest BCUT2D eigenvalue weighted by Crippen LogP contribution is -2.54. The van der Waals surface area contributed by atoms with E-state index in [9.17, 15) is 9.59 Å². The molecule has 0 spiro atoms. The van der Waals surface area contributed by atoms with E-state index >= 15 is 0 Å². The number of amides is 2. The Bertz CT molecular complexity index is 975. The second-order valence-electron chi connectivity index (χ2n) is 5.55. The van der Waals surface area contributed by atoms with Gasteiger partial charge in [0, 0.05) is 15.6 Å². The molecule has 1 aliphatic heterocycles. The number of benzene rings is 2. The number of nitrogens with zero attached hydrogens (tertiary/aromatic N) is 1. The van der Waals surface area contributed by atoms with Crippen molar-refractivity contribution in [3.05, 3.63) is 63.6 Å². The maximum atomic E-state index is 13.0. The molecule has 1 heterocycles. The van der Waals surface area contributed by atoms with Gasteiger partial charge in [0.2, 0.25) is 0 Å². The number of nitrogens with one attached hydrogen (secondary N) is 1. The van der Waals surface area contributed by atoms with Crippen molar-refractivity contribution in [2.45, 2.75) is 6.92 Å². The molecule has 0 bridgehead atoms. The second-order valence-corrected chi connectivity index (χ2v) is 6.81. The molecule has 0 aliphatic carbocycles. The van der Waals surface area contributed by atoms with Crippen molar-refractivity contribution < 1.29 is 14.3 Å². The largest absolute Gasteiger partial charge is 0.493 e. The molecule has 1 fully saturated rings. The highest BCUT2D eigenvalue weighted by Gasteiger charge is 2.34. The minimum absolute atomic E-state index is 0.0134. The summed E-state index contributed by atoms with van der Waals surface area (Å²) in [7, 11) is 0. The third kappa shape index (κ3) is 4.13. The number of anilines is 1. The summed E-state index contributed by atoms with van der Waals surface area (Å²) < 4.78 is 5.55. The van der Waals surface area contributed by atoms with Crippen molar-refractivity contribution in [2.75, 3.05) is 11.5 Å². The van der Waals surface area contributed by atoms with E-state index in [1.54, 1.807) is 42.5 Å². The number of carbonyl (C=O) groups is 2. The number of carbonyl (C=O) groups excluding carboxylic acids is 2. The van der Waals surface area contributed by atoms with E-state index in [1.807, 2.05) is 6.92 Å². The lowest BCUT2D eigenvalue weighted by Gasteiger charge is -2.29. The van der Waals surface area contributed by atoms with Gasteiger partial charge in [0.05, 0.1) is 12.3 Å². The van der Waals surface area contributed by atoms with E-state index in [2.05, 4.69) is 5.32 Å². The molecule has 0 saturated carbocycles. The molecule has 2 aromatic carbocycles. The van der Waals surface area contributed by atoms with Gasteiger partial charge in [0.15, 0.2) is 5.11 Å². The van der Waals surface area contributed by atoms with Crippen molar-refractivity contribution in [2.24, 2.45) is 0 Å². The van der Waals surface area contributed by atoms with Crippen LogP contribution in [0, 0.1) is 0 Å². The van der Waals surface area contributed by atoms with Crippen LogP contribution in [0.15, 0.2) is 48.0 Å². The molecular weight excluding hydrogens is 407 g/mol. The summed E-state index contributed by atoms with van der Waals surface area (Å²) in [5.74, 6) is -0.642. The number of rotatable bonds is 4. The molecule has 3 rings (SSSR count). The Balaban J connectivity index is 2.06. The van der Waals surface area contributed by atoms with Crippen LogP contribution in [0.5, 0.6) is 5.75 Å². The molecule has 0 aromatic heterocycles. The maximum Gasteiger partial charge on any atom is 0.270 e. The zero-order valence-electron chi connectivity index (χ0n) is 14.2. The van der Waals surface area contributed by atoms with Crippen LogP contribution in [0.3, 0.4) is 0 Å². The van der Waals surface area contributed by atoms with Crippen LogP contribution in [-0.4, -0.2) is 23.5 Å². The first-order valence-electron chi connectivity index (χ1n) is 8.00. The summed E-state index contributed by atoms with van der Waals surface area (Å²) >= 11 is 17.2. The van der Waals surface area contributed by atoms with Gasteiger partial charge < -0.3 is 4.74 Å². The van der Waals surface area contributed by atoms with E-state index in [-0.39, 0.29) is 10.7 Å². The zero-order chi connectivity index (χ0) is 19.6. The van der Waals surface area contributed by atoms with E-state index in [0.717, 1.165) is 0 Å². The van der Waals surface area contributed by atoms with Gasteiger partial charge in [-0.2, -0.15) is 0 Å². The topological polar surface area (TPSA) is 58.6 Å². The molecule has 0 radical (unpaired) electrons. The number of thiocarbonyl (C=S) groups is 1. The normalized spacial score (nSPS) is 15.9. The van der Waals surface area contributed by atoms with E-state index in [4.69, 9.17) is 40.2 Å². The Morgan fingerprint density at radius 2 is 1.89 bits per heavy atom. The summed E-state index contributed by atoms with van der Waals surface area (Å²) in [5.41, 5.74) is 0.882. The van der Waals surface area contributed by atoms with Gasteiger partial charge in [-0.05, 0) is 61.6 Å². The van der Waals surface area contributed by atoms with Gasteiger partial charge >= 0.3 is 0 Å². The molecule has 1 saturated heterocycles. The molecule has 0 atom stereocenters. The standard InChI is InChI=1S/C19H14Cl2N2O3S/c1-2-26-16-7-6-13(21)8-11(16)9-15-17(24)22-19(27)23(18(15)25)14-5-3-4-12(20)10-14/h3-10H,2H2,1H3,(H,22,24,27)/b15-9+. The Kier molecular flexibility index (Phi) is 5.79. The first-order valence-corrected chi connectivity index (χ1v) is 9.16. The Morgan fingerprint density at radius 1 is 1.15 bits per heavy atom. The molecule has 0 unspecified atom stereocenters. The summed E-state index contributed by atoms with van der Waals surface area (Å²) in [6.45, 7) is 2.26. The van der Waals surface area contributed by atoms with Crippen molar-refractivity contribution in [3.8, 4) is 5.75 Å². The summed E-state index contributed by atoms with van der Waals surface area (Å²) in [6, 6.07) is 11.6. The van der Waals surface area contributed by atoms with Crippen LogP contribution in [0.25, 0.3) is 6.08 Å². The molecule has 2 aromatic rings. The Hall–Kier alpha value is -2.41. The molecule has 2 amide bonds. The second kappa shape index (κ2) is 8.08. The van der Waals surface area contributed by atoms with Crippen LogP contribution in [0.4, 0.5) is 5.69 Å². The van der Waals surface area contributed by atoms with E-state index in [1.165, 1.54) is 11.0 Å². The fourth-order valence-electron chi connectivity index (χ4n) is 2.58. The number of halogens is 2. The van der Waals surface area contributed by atoms with E-state index in [0.29, 0.717) is 33.7 Å².